The van der Waals surface area contributed by atoms with Gasteiger partial charge in [-0.15, -0.1) is 0 Å². The summed E-state index contributed by atoms with van der Waals surface area (Å²) in [7, 11) is 1.69. The molecule has 1 aromatic rings. The first kappa shape index (κ1) is 13.2. The second-order valence-corrected chi connectivity index (χ2v) is 4.12. The molecule has 0 saturated heterocycles. The van der Waals surface area contributed by atoms with Crippen molar-refractivity contribution >= 4 is 0 Å². The molecule has 0 aromatic carbocycles. The fraction of sp³-hybridized carbons (Fsp3) is 0.750. The van der Waals surface area contributed by atoms with Gasteiger partial charge in [0.1, 0.15) is 11.9 Å². The highest BCUT2D eigenvalue weighted by Gasteiger charge is 2.14. The highest BCUT2D eigenvalue weighted by atomic mass is 16.5. The number of hydrogen-bond acceptors (Lipinski definition) is 3. The number of rotatable bonds is 7. The van der Waals surface area contributed by atoms with Crippen molar-refractivity contribution in [1.29, 1.82) is 0 Å². The summed E-state index contributed by atoms with van der Waals surface area (Å²) in [5.41, 5.74) is 0. The lowest BCUT2D eigenvalue weighted by atomic mass is 10.1. The number of ether oxygens (including phenoxy) is 1. The largest absolute Gasteiger partial charge is 0.385 e. The maximum absolute atomic E-state index is 10.0. The topological polar surface area (TPSA) is 47.3 Å². The van der Waals surface area contributed by atoms with E-state index >= 15 is 0 Å². The molecule has 0 aliphatic rings. The molecule has 4 nitrogen and oxygen atoms in total. The molecule has 2 unspecified atom stereocenters. The highest BCUT2D eigenvalue weighted by molar-refractivity contribution is 4.96. The minimum Gasteiger partial charge on any atom is -0.385 e. The molecule has 16 heavy (non-hydrogen) atoms. The van der Waals surface area contributed by atoms with Gasteiger partial charge in [0, 0.05) is 26.0 Å². The van der Waals surface area contributed by atoms with Crippen LogP contribution in [0.1, 0.15) is 45.0 Å². The van der Waals surface area contributed by atoms with E-state index in [1.54, 1.807) is 13.3 Å². The molecule has 1 rings (SSSR count). The second kappa shape index (κ2) is 6.66. The normalized spacial score (nSPS) is 15.0. The van der Waals surface area contributed by atoms with Crippen LogP contribution in [-0.2, 0) is 11.3 Å². The van der Waals surface area contributed by atoms with Crippen LogP contribution in [0.2, 0.25) is 0 Å². The number of aryl methyl sites for hydroxylation is 1. The number of aliphatic hydroxyl groups excluding tert-OH is 1. The Bertz CT molecular complexity index is 299. The number of aromatic nitrogens is 2. The molecule has 0 aliphatic carbocycles. The van der Waals surface area contributed by atoms with E-state index in [1.165, 1.54) is 0 Å². The highest BCUT2D eigenvalue weighted by Crippen LogP contribution is 2.18. The lowest BCUT2D eigenvalue weighted by Gasteiger charge is -2.15. The predicted molar refractivity (Wildman–Crippen MR) is 63.2 cm³/mol. The summed E-state index contributed by atoms with van der Waals surface area (Å²) in [6.07, 6.45) is 5.94. The van der Waals surface area contributed by atoms with Crippen LogP contribution in [0, 0.1) is 0 Å². The first-order valence-electron chi connectivity index (χ1n) is 5.90. The number of imidazole rings is 1. The van der Waals surface area contributed by atoms with E-state index in [-0.39, 0.29) is 6.10 Å². The van der Waals surface area contributed by atoms with E-state index in [9.17, 15) is 5.11 Å². The molecule has 0 saturated carbocycles. The van der Waals surface area contributed by atoms with Crippen LogP contribution >= 0.6 is 0 Å². The Morgan fingerprint density at radius 2 is 2.25 bits per heavy atom. The molecule has 0 radical (unpaired) electrons. The summed E-state index contributed by atoms with van der Waals surface area (Å²) in [6.45, 7) is 5.03. The van der Waals surface area contributed by atoms with Crippen LogP contribution in [0.3, 0.4) is 0 Å². The van der Waals surface area contributed by atoms with E-state index in [0.717, 1.165) is 25.2 Å². The molecule has 0 aliphatic heterocycles. The minimum absolute atomic E-state index is 0.184. The monoisotopic (exact) mass is 226 g/mol. The first-order valence-corrected chi connectivity index (χ1v) is 5.90. The SMILES string of the molecule is CCCn1ccnc1C(O)CCC(C)OC. The standard InChI is InChI=1S/C12H22N2O2/c1-4-8-14-9-7-13-12(14)11(15)6-5-10(2)16-3/h7,9-11,15H,4-6,8H2,1-3H3. The predicted octanol–water partition coefficient (Wildman–Crippen LogP) is 2.14. The summed E-state index contributed by atoms with van der Waals surface area (Å²) in [6, 6.07) is 0. The van der Waals surface area contributed by atoms with Gasteiger partial charge in [-0.05, 0) is 26.2 Å². The molecule has 92 valence electrons. The van der Waals surface area contributed by atoms with Crippen LogP contribution in [0.25, 0.3) is 0 Å². The summed E-state index contributed by atoms with van der Waals surface area (Å²) in [4.78, 5) is 4.21. The van der Waals surface area contributed by atoms with E-state index in [4.69, 9.17) is 4.74 Å². The molecule has 1 heterocycles. The van der Waals surface area contributed by atoms with Crippen molar-refractivity contribution in [2.75, 3.05) is 7.11 Å². The smallest absolute Gasteiger partial charge is 0.137 e. The number of hydrogen-bond donors (Lipinski definition) is 1. The van der Waals surface area contributed by atoms with Crippen LogP contribution in [0.4, 0.5) is 0 Å². The van der Waals surface area contributed by atoms with E-state index in [1.807, 2.05) is 17.7 Å². The van der Waals surface area contributed by atoms with Gasteiger partial charge in [0.05, 0.1) is 6.10 Å². The van der Waals surface area contributed by atoms with Crippen molar-refractivity contribution in [3.8, 4) is 0 Å². The Hall–Kier alpha value is -0.870. The van der Waals surface area contributed by atoms with Gasteiger partial charge in [-0.3, -0.25) is 0 Å². The van der Waals surface area contributed by atoms with Crippen molar-refractivity contribution < 1.29 is 9.84 Å². The average Bonchev–Trinajstić information content (AvgIpc) is 2.74. The average molecular weight is 226 g/mol. The van der Waals surface area contributed by atoms with E-state index in [2.05, 4.69) is 11.9 Å². The summed E-state index contributed by atoms with van der Waals surface area (Å²) < 4.78 is 7.17. The maximum atomic E-state index is 10.0. The van der Waals surface area contributed by atoms with Gasteiger partial charge >= 0.3 is 0 Å². The van der Waals surface area contributed by atoms with Gasteiger partial charge in [0.15, 0.2) is 0 Å². The minimum atomic E-state index is -0.487. The number of aliphatic hydroxyl groups is 1. The van der Waals surface area contributed by atoms with Crippen LogP contribution in [0.5, 0.6) is 0 Å². The van der Waals surface area contributed by atoms with Crippen molar-refractivity contribution in [1.82, 2.24) is 9.55 Å². The summed E-state index contributed by atoms with van der Waals surface area (Å²) in [5, 5.41) is 10.0. The zero-order valence-electron chi connectivity index (χ0n) is 10.4. The molecular formula is C12H22N2O2. The van der Waals surface area contributed by atoms with E-state index < -0.39 is 6.10 Å². The quantitative estimate of drug-likeness (QED) is 0.775. The molecule has 0 fully saturated rings. The molecule has 1 aromatic heterocycles. The molecule has 1 N–H and O–H groups in total. The summed E-state index contributed by atoms with van der Waals surface area (Å²) >= 11 is 0. The molecule has 0 bridgehead atoms. The third-order valence-corrected chi connectivity index (χ3v) is 2.76. The van der Waals surface area contributed by atoms with Crippen molar-refractivity contribution in [2.45, 2.75) is 51.9 Å². The maximum Gasteiger partial charge on any atom is 0.137 e. The van der Waals surface area contributed by atoms with Crippen molar-refractivity contribution in [2.24, 2.45) is 0 Å². The fourth-order valence-corrected chi connectivity index (χ4v) is 1.69. The molecule has 0 amide bonds. The molecular weight excluding hydrogens is 204 g/mol. The third-order valence-electron chi connectivity index (χ3n) is 2.76. The summed E-state index contributed by atoms with van der Waals surface area (Å²) in [5.74, 6) is 0.769. The second-order valence-electron chi connectivity index (χ2n) is 4.12. The number of methoxy groups -OCH3 is 1. The molecule has 2 atom stereocenters. The van der Waals surface area contributed by atoms with Crippen molar-refractivity contribution in [3.05, 3.63) is 18.2 Å². The lowest BCUT2D eigenvalue weighted by Crippen LogP contribution is -2.12. The van der Waals surface area contributed by atoms with Gasteiger partial charge in [0.2, 0.25) is 0 Å². The molecule has 4 heteroatoms. The zero-order valence-corrected chi connectivity index (χ0v) is 10.4. The van der Waals surface area contributed by atoms with Crippen LogP contribution < -0.4 is 0 Å². The van der Waals surface area contributed by atoms with Gasteiger partial charge in [-0.1, -0.05) is 6.92 Å². The third kappa shape index (κ3) is 3.61. The first-order chi connectivity index (χ1) is 7.69. The Morgan fingerprint density at radius 1 is 1.50 bits per heavy atom. The van der Waals surface area contributed by atoms with Gasteiger partial charge in [-0.25, -0.2) is 4.98 Å². The Morgan fingerprint density at radius 3 is 2.88 bits per heavy atom. The zero-order chi connectivity index (χ0) is 12.0. The van der Waals surface area contributed by atoms with Gasteiger partial charge in [-0.2, -0.15) is 0 Å². The fourth-order valence-electron chi connectivity index (χ4n) is 1.69. The van der Waals surface area contributed by atoms with Crippen LogP contribution in [0.15, 0.2) is 12.4 Å². The number of nitrogens with zero attached hydrogens (tertiary/aromatic N) is 2. The molecule has 0 spiro atoms. The van der Waals surface area contributed by atoms with Crippen molar-refractivity contribution in [3.63, 3.8) is 0 Å². The Kier molecular flexibility index (Phi) is 5.49. The Balaban J connectivity index is 2.51. The lowest BCUT2D eigenvalue weighted by molar-refractivity contribution is 0.0814. The van der Waals surface area contributed by atoms with Gasteiger partial charge < -0.3 is 14.4 Å². The van der Waals surface area contributed by atoms with E-state index in [0.29, 0.717) is 6.42 Å². The van der Waals surface area contributed by atoms with Gasteiger partial charge in [0.25, 0.3) is 0 Å². The van der Waals surface area contributed by atoms with Crippen LogP contribution in [-0.4, -0.2) is 27.9 Å². The Labute approximate surface area is 97.3 Å².